The predicted octanol–water partition coefficient (Wildman–Crippen LogP) is 3.63. The van der Waals surface area contributed by atoms with Gasteiger partial charge in [-0.15, -0.1) is 0 Å². The highest BCUT2D eigenvalue weighted by Crippen LogP contribution is 2.22. The van der Waals surface area contributed by atoms with Crippen molar-refractivity contribution in [2.75, 3.05) is 12.4 Å². The van der Waals surface area contributed by atoms with Gasteiger partial charge in [-0.3, -0.25) is 5.43 Å². The number of benzene rings is 2. The molecule has 0 heterocycles. The van der Waals surface area contributed by atoms with E-state index >= 15 is 0 Å². The number of anilines is 1. The van der Waals surface area contributed by atoms with E-state index in [2.05, 4.69) is 15.8 Å². The van der Waals surface area contributed by atoms with Crippen LogP contribution in [0.2, 0.25) is 0 Å². The molecule has 0 aliphatic heterocycles. The van der Waals surface area contributed by atoms with E-state index < -0.39 is 0 Å². The quantitative estimate of drug-likeness (QED) is 0.514. The fourth-order valence-electron chi connectivity index (χ4n) is 2.02. The van der Waals surface area contributed by atoms with Gasteiger partial charge in [0, 0.05) is 5.69 Å². The number of rotatable bonds is 4. The Labute approximate surface area is 136 Å². The summed E-state index contributed by atoms with van der Waals surface area (Å²) in [6.45, 7) is 4.07. The minimum absolute atomic E-state index is 0.449. The summed E-state index contributed by atoms with van der Waals surface area (Å²) in [6.07, 6.45) is 1.75. The van der Waals surface area contributed by atoms with E-state index in [1.54, 1.807) is 13.3 Å². The lowest BCUT2D eigenvalue weighted by atomic mass is 10.0. The van der Waals surface area contributed by atoms with Crippen molar-refractivity contribution in [3.63, 3.8) is 0 Å². The predicted molar refractivity (Wildman–Crippen MR) is 95.9 cm³/mol. The average molecular weight is 313 g/mol. The zero-order chi connectivity index (χ0) is 15.9. The zero-order valence-electron chi connectivity index (χ0n) is 12.9. The molecule has 114 valence electrons. The maximum Gasteiger partial charge on any atom is 0.191 e. The van der Waals surface area contributed by atoms with Gasteiger partial charge in [0.05, 0.1) is 13.3 Å². The molecule has 2 aromatic rings. The zero-order valence-corrected chi connectivity index (χ0v) is 13.7. The SMILES string of the molecule is COc1ccc(/C=N/NC(=S)Nc2ccccc2)c(C)c1C. The van der Waals surface area contributed by atoms with Crippen LogP contribution >= 0.6 is 12.2 Å². The Hall–Kier alpha value is -2.40. The third-order valence-electron chi connectivity index (χ3n) is 3.40. The molecule has 4 nitrogen and oxygen atoms in total. The third kappa shape index (κ3) is 4.05. The normalized spacial score (nSPS) is 10.5. The van der Waals surface area contributed by atoms with Crippen LogP contribution in [0.4, 0.5) is 5.69 Å². The van der Waals surface area contributed by atoms with Gasteiger partial charge in [-0.25, -0.2) is 0 Å². The molecule has 5 heteroatoms. The molecule has 0 radical (unpaired) electrons. The number of hydrogen-bond acceptors (Lipinski definition) is 3. The second-order valence-corrected chi connectivity index (χ2v) is 5.21. The summed E-state index contributed by atoms with van der Waals surface area (Å²) in [7, 11) is 1.67. The van der Waals surface area contributed by atoms with Crippen molar-refractivity contribution in [1.29, 1.82) is 0 Å². The highest BCUT2D eigenvalue weighted by Gasteiger charge is 2.04. The highest BCUT2D eigenvalue weighted by atomic mass is 32.1. The van der Waals surface area contributed by atoms with Crippen LogP contribution in [0.15, 0.2) is 47.6 Å². The number of ether oxygens (including phenoxy) is 1. The van der Waals surface area contributed by atoms with Gasteiger partial charge in [-0.05, 0) is 67.0 Å². The molecule has 2 N–H and O–H groups in total. The summed E-state index contributed by atoms with van der Waals surface area (Å²) >= 11 is 5.19. The summed E-state index contributed by atoms with van der Waals surface area (Å²) < 4.78 is 5.30. The van der Waals surface area contributed by atoms with Gasteiger partial charge >= 0.3 is 0 Å². The lowest BCUT2D eigenvalue weighted by Gasteiger charge is -2.10. The van der Waals surface area contributed by atoms with Gasteiger partial charge in [-0.1, -0.05) is 18.2 Å². The number of nitrogens with zero attached hydrogens (tertiary/aromatic N) is 1. The molecule has 0 aromatic heterocycles. The minimum atomic E-state index is 0.449. The van der Waals surface area contributed by atoms with Crippen LogP contribution in [0.1, 0.15) is 16.7 Å². The van der Waals surface area contributed by atoms with Gasteiger partial charge in [0.25, 0.3) is 0 Å². The summed E-state index contributed by atoms with van der Waals surface area (Å²) in [5.74, 6) is 0.879. The van der Waals surface area contributed by atoms with Crippen LogP contribution in [-0.4, -0.2) is 18.4 Å². The average Bonchev–Trinajstić information content (AvgIpc) is 2.52. The lowest BCUT2D eigenvalue weighted by molar-refractivity contribution is 0.411. The van der Waals surface area contributed by atoms with Crippen molar-refractivity contribution >= 4 is 29.2 Å². The van der Waals surface area contributed by atoms with Crippen molar-refractivity contribution in [3.05, 3.63) is 59.2 Å². The van der Waals surface area contributed by atoms with Gasteiger partial charge in [0.1, 0.15) is 5.75 Å². The fraction of sp³-hybridized carbons (Fsp3) is 0.176. The van der Waals surface area contributed by atoms with Gasteiger partial charge < -0.3 is 10.1 Å². The topological polar surface area (TPSA) is 45.6 Å². The number of para-hydroxylation sites is 1. The van der Waals surface area contributed by atoms with Crippen LogP contribution < -0.4 is 15.5 Å². The molecule has 2 rings (SSSR count). The van der Waals surface area contributed by atoms with Crippen molar-refractivity contribution in [2.24, 2.45) is 5.10 Å². The Morgan fingerprint density at radius 3 is 2.50 bits per heavy atom. The monoisotopic (exact) mass is 313 g/mol. The van der Waals surface area contributed by atoms with Crippen LogP contribution in [0.3, 0.4) is 0 Å². The molecule has 0 atom stereocenters. The summed E-state index contributed by atoms with van der Waals surface area (Å²) in [5, 5.41) is 7.68. The molecular formula is C17H19N3OS. The summed E-state index contributed by atoms with van der Waals surface area (Å²) in [4.78, 5) is 0. The van der Waals surface area contributed by atoms with Crippen LogP contribution in [-0.2, 0) is 0 Å². The molecule has 0 amide bonds. The Morgan fingerprint density at radius 1 is 1.09 bits per heavy atom. The van der Waals surface area contributed by atoms with Crippen LogP contribution in [0.25, 0.3) is 0 Å². The number of thiocarbonyl (C=S) groups is 1. The smallest absolute Gasteiger partial charge is 0.191 e. The highest BCUT2D eigenvalue weighted by molar-refractivity contribution is 7.80. The third-order valence-corrected chi connectivity index (χ3v) is 3.59. The standard InChI is InChI=1S/C17H19N3OS/c1-12-13(2)16(21-3)10-9-14(12)11-18-20-17(22)19-15-7-5-4-6-8-15/h4-11H,1-3H3,(H2,19,20,22)/b18-11+. The number of hydrazone groups is 1. The van der Waals surface area contributed by atoms with Gasteiger partial charge in [0.2, 0.25) is 0 Å². The van der Waals surface area contributed by atoms with E-state index in [1.165, 1.54) is 0 Å². The molecule has 0 spiro atoms. The van der Waals surface area contributed by atoms with Gasteiger partial charge in [0.15, 0.2) is 5.11 Å². The van der Waals surface area contributed by atoms with E-state index in [4.69, 9.17) is 17.0 Å². The summed E-state index contributed by atoms with van der Waals surface area (Å²) in [6, 6.07) is 13.6. The maximum absolute atomic E-state index is 5.30. The van der Waals surface area contributed by atoms with Crippen molar-refractivity contribution in [3.8, 4) is 5.75 Å². The lowest BCUT2D eigenvalue weighted by Crippen LogP contribution is -2.23. The minimum Gasteiger partial charge on any atom is -0.496 e. The first-order valence-electron chi connectivity index (χ1n) is 6.91. The Balaban J connectivity index is 1.98. The molecule has 0 aliphatic carbocycles. The van der Waals surface area contributed by atoms with Crippen molar-refractivity contribution in [2.45, 2.75) is 13.8 Å². The van der Waals surface area contributed by atoms with E-state index in [0.717, 1.165) is 28.1 Å². The molecule has 0 saturated carbocycles. The molecule has 0 bridgehead atoms. The first kappa shape index (κ1) is 16.0. The number of nitrogens with one attached hydrogen (secondary N) is 2. The van der Waals surface area contributed by atoms with E-state index in [-0.39, 0.29) is 0 Å². The molecular weight excluding hydrogens is 294 g/mol. The second-order valence-electron chi connectivity index (χ2n) is 4.80. The summed E-state index contributed by atoms with van der Waals surface area (Å²) in [5.41, 5.74) is 7.00. The first-order valence-corrected chi connectivity index (χ1v) is 7.32. The fourth-order valence-corrected chi connectivity index (χ4v) is 2.19. The van der Waals surface area contributed by atoms with Crippen LogP contribution in [0, 0.1) is 13.8 Å². The second kappa shape index (κ2) is 7.56. The Morgan fingerprint density at radius 2 is 1.82 bits per heavy atom. The van der Waals surface area contributed by atoms with Gasteiger partial charge in [-0.2, -0.15) is 5.10 Å². The molecule has 0 fully saturated rings. The Kier molecular flexibility index (Phi) is 5.49. The van der Waals surface area contributed by atoms with E-state index in [9.17, 15) is 0 Å². The molecule has 0 unspecified atom stereocenters. The number of hydrogen-bond donors (Lipinski definition) is 2. The maximum atomic E-state index is 5.30. The van der Waals surface area contributed by atoms with E-state index in [0.29, 0.717) is 5.11 Å². The van der Waals surface area contributed by atoms with Crippen LogP contribution in [0.5, 0.6) is 5.75 Å². The van der Waals surface area contributed by atoms with Crippen molar-refractivity contribution in [1.82, 2.24) is 5.43 Å². The number of methoxy groups -OCH3 is 1. The largest absolute Gasteiger partial charge is 0.496 e. The molecule has 0 aliphatic rings. The van der Waals surface area contributed by atoms with E-state index in [1.807, 2.05) is 56.3 Å². The molecule has 2 aromatic carbocycles. The molecule has 22 heavy (non-hydrogen) atoms. The Bertz CT molecular complexity index is 684. The molecule has 0 saturated heterocycles. The van der Waals surface area contributed by atoms with Crippen molar-refractivity contribution < 1.29 is 4.74 Å². The first-order chi connectivity index (χ1) is 10.6.